The zero-order chi connectivity index (χ0) is 11.1. The summed E-state index contributed by atoms with van der Waals surface area (Å²) in [7, 11) is 0. The van der Waals surface area contributed by atoms with E-state index in [9.17, 15) is 0 Å². The summed E-state index contributed by atoms with van der Waals surface area (Å²) in [5.74, 6) is 0. The Morgan fingerprint density at radius 3 is 2.75 bits per heavy atom. The van der Waals surface area contributed by atoms with Gasteiger partial charge in [0.25, 0.3) is 0 Å². The fourth-order valence-corrected chi connectivity index (χ4v) is 0.976. The maximum absolute atomic E-state index is 8.55. The molecular formula is C12H11N3Y-2. The van der Waals surface area contributed by atoms with Crippen molar-refractivity contribution in [3.8, 4) is 6.07 Å². The minimum Gasteiger partial charge on any atom is -0.386 e. The molecule has 0 aromatic carbocycles. The molecule has 2 rings (SSSR count). The Hall–Kier alpha value is -0.846. The molecule has 1 radical (unpaired) electrons. The first-order chi connectivity index (χ1) is 7.31. The number of hydrogen-bond donors (Lipinski definition) is 0. The van der Waals surface area contributed by atoms with E-state index in [4.69, 9.17) is 5.26 Å². The summed E-state index contributed by atoms with van der Waals surface area (Å²) < 4.78 is 0. The molecule has 0 N–H and O–H groups in total. The molecule has 2 aromatic rings. The zero-order valence-electron chi connectivity index (χ0n) is 9.31. The average Bonchev–Trinajstić information content (AvgIpc) is 2.29. The molecule has 2 heterocycles. The van der Waals surface area contributed by atoms with Gasteiger partial charge in [-0.1, -0.05) is 17.6 Å². The summed E-state index contributed by atoms with van der Waals surface area (Å²) in [5.41, 5.74) is 1.14. The second kappa shape index (κ2) is 8.32. The SMILES string of the molecule is C[CH-]C.N#Cc1cc2n[c-]ccc2cn1.[Y]. The first-order valence-corrected chi connectivity index (χ1v) is 4.58. The van der Waals surface area contributed by atoms with Crippen LogP contribution in [0.2, 0.25) is 0 Å². The van der Waals surface area contributed by atoms with E-state index in [0.717, 1.165) is 10.9 Å². The number of hydrogen-bond acceptors (Lipinski definition) is 3. The van der Waals surface area contributed by atoms with Crippen molar-refractivity contribution < 1.29 is 32.7 Å². The molecule has 0 aliphatic heterocycles. The van der Waals surface area contributed by atoms with Gasteiger partial charge < -0.3 is 11.4 Å². The molecule has 79 valence electrons. The molecule has 0 unspecified atom stereocenters. The molecule has 0 aliphatic carbocycles. The predicted octanol–water partition coefficient (Wildman–Crippen LogP) is 2.53. The van der Waals surface area contributed by atoms with Gasteiger partial charge in [-0.3, -0.25) is 0 Å². The Morgan fingerprint density at radius 1 is 1.44 bits per heavy atom. The smallest absolute Gasteiger partial charge is 0.130 e. The van der Waals surface area contributed by atoms with E-state index in [1.165, 1.54) is 0 Å². The van der Waals surface area contributed by atoms with Gasteiger partial charge in [0.1, 0.15) is 11.8 Å². The molecule has 0 bridgehead atoms. The van der Waals surface area contributed by atoms with Crippen LogP contribution in [0, 0.1) is 23.9 Å². The molecule has 4 heteroatoms. The Morgan fingerprint density at radius 2 is 2.12 bits per heavy atom. The minimum absolute atomic E-state index is 0. The van der Waals surface area contributed by atoms with E-state index in [-0.39, 0.29) is 32.7 Å². The van der Waals surface area contributed by atoms with Crippen molar-refractivity contribution >= 4 is 10.9 Å². The number of rotatable bonds is 0. The van der Waals surface area contributed by atoms with Crippen LogP contribution in [0.1, 0.15) is 19.5 Å². The normalized spacial score (nSPS) is 8.31. The largest absolute Gasteiger partial charge is 0.386 e. The van der Waals surface area contributed by atoms with Crippen molar-refractivity contribution in [3.63, 3.8) is 0 Å². The van der Waals surface area contributed by atoms with Gasteiger partial charge in [0.15, 0.2) is 0 Å². The Labute approximate surface area is 121 Å². The number of fused-ring (bicyclic) bond motifs is 1. The molecule has 0 fully saturated rings. The number of nitrogens with zero attached hydrogens (tertiary/aromatic N) is 3. The van der Waals surface area contributed by atoms with Crippen molar-refractivity contribution in [1.82, 2.24) is 9.97 Å². The van der Waals surface area contributed by atoms with Crippen LogP contribution < -0.4 is 0 Å². The zero-order valence-corrected chi connectivity index (χ0v) is 12.1. The minimum atomic E-state index is 0. The maximum Gasteiger partial charge on any atom is 0.130 e. The molecule has 2 aromatic heterocycles. The third kappa shape index (κ3) is 4.34. The van der Waals surface area contributed by atoms with Crippen LogP contribution in [-0.2, 0) is 32.7 Å². The van der Waals surface area contributed by atoms with Crippen molar-refractivity contribution in [2.75, 3.05) is 0 Å². The fourth-order valence-electron chi connectivity index (χ4n) is 0.976. The first-order valence-electron chi connectivity index (χ1n) is 4.58. The van der Waals surface area contributed by atoms with Crippen LogP contribution in [0.5, 0.6) is 0 Å². The van der Waals surface area contributed by atoms with Gasteiger partial charge in [-0.2, -0.15) is 31.2 Å². The summed E-state index contributed by atoms with van der Waals surface area (Å²) in [6, 6.07) is 7.17. The van der Waals surface area contributed by atoms with Crippen molar-refractivity contribution in [2.24, 2.45) is 0 Å². The van der Waals surface area contributed by atoms with E-state index in [2.05, 4.69) is 16.2 Å². The quantitative estimate of drug-likeness (QED) is 0.699. The van der Waals surface area contributed by atoms with Crippen molar-refractivity contribution in [2.45, 2.75) is 13.8 Å². The second-order valence-corrected chi connectivity index (χ2v) is 2.89. The molecule has 0 saturated heterocycles. The summed E-state index contributed by atoms with van der Waals surface area (Å²) in [5, 5.41) is 9.47. The van der Waals surface area contributed by atoms with Crippen LogP contribution in [0.15, 0.2) is 24.4 Å². The monoisotopic (exact) mass is 286 g/mol. The first kappa shape index (κ1) is 15.2. The summed E-state index contributed by atoms with van der Waals surface area (Å²) in [6.45, 7) is 4.00. The molecule has 0 spiro atoms. The van der Waals surface area contributed by atoms with Crippen LogP contribution in [-0.4, -0.2) is 9.97 Å². The molecule has 0 amide bonds. The van der Waals surface area contributed by atoms with E-state index in [1.807, 2.05) is 32.4 Å². The topological polar surface area (TPSA) is 49.6 Å². The van der Waals surface area contributed by atoms with Crippen LogP contribution >= 0.6 is 0 Å². The average molecular weight is 286 g/mol. The van der Waals surface area contributed by atoms with E-state index in [1.54, 1.807) is 18.3 Å². The summed E-state index contributed by atoms with van der Waals surface area (Å²) >= 11 is 0. The molecule has 0 aliphatic rings. The van der Waals surface area contributed by atoms with E-state index >= 15 is 0 Å². The molecule has 0 atom stereocenters. The third-order valence-corrected chi connectivity index (χ3v) is 1.55. The Balaban J connectivity index is 0.000000511. The van der Waals surface area contributed by atoms with Gasteiger partial charge in [-0.15, -0.1) is 0 Å². The van der Waals surface area contributed by atoms with Gasteiger partial charge in [-0.25, -0.2) is 4.98 Å². The number of pyridine rings is 2. The number of nitriles is 1. The summed E-state index contributed by atoms with van der Waals surface area (Å²) in [4.78, 5) is 7.88. The van der Waals surface area contributed by atoms with Crippen molar-refractivity contribution in [3.05, 3.63) is 42.7 Å². The summed E-state index contributed by atoms with van der Waals surface area (Å²) in [6.07, 6.45) is 6.33. The van der Waals surface area contributed by atoms with E-state index in [0.29, 0.717) is 5.69 Å². The van der Waals surface area contributed by atoms with Gasteiger partial charge in [0.2, 0.25) is 0 Å². The molecule has 0 saturated carbocycles. The molecule has 16 heavy (non-hydrogen) atoms. The molecule has 3 nitrogen and oxygen atoms in total. The second-order valence-electron chi connectivity index (χ2n) is 2.89. The van der Waals surface area contributed by atoms with Gasteiger partial charge >= 0.3 is 0 Å². The third-order valence-electron chi connectivity index (χ3n) is 1.55. The van der Waals surface area contributed by atoms with Crippen LogP contribution in [0.3, 0.4) is 0 Å². The van der Waals surface area contributed by atoms with Crippen molar-refractivity contribution in [1.29, 1.82) is 5.26 Å². The van der Waals surface area contributed by atoms with Gasteiger partial charge in [-0.05, 0) is 5.52 Å². The Bertz CT molecular complexity index is 477. The van der Waals surface area contributed by atoms with Gasteiger partial charge in [0.05, 0.1) is 0 Å². The number of aromatic nitrogens is 2. The van der Waals surface area contributed by atoms with Crippen LogP contribution in [0.25, 0.3) is 10.9 Å². The standard InChI is InChI=1S/C9H4N3.C3H7.Y/c10-5-8-4-9-7(6-12-8)2-1-3-11-9;1-3-2;/h1-2,4,6H;3H,1-2H3;/q2*-1;. The Kier molecular flexibility index (Phi) is 7.88. The fraction of sp³-hybridized carbons (Fsp3) is 0.167. The van der Waals surface area contributed by atoms with Gasteiger partial charge in [0, 0.05) is 38.9 Å². The predicted molar refractivity (Wildman–Crippen MR) is 58.7 cm³/mol. The van der Waals surface area contributed by atoms with E-state index < -0.39 is 0 Å². The maximum atomic E-state index is 8.55. The molecular weight excluding hydrogens is 275 g/mol. The van der Waals surface area contributed by atoms with Crippen LogP contribution in [0.4, 0.5) is 0 Å².